The average molecular weight is 266 g/mol. The number of hydrogen-bond donors (Lipinski definition) is 0. The molecule has 0 fully saturated rings. The molecule has 0 aliphatic heterocycles. The zero-order valence-corrected chi connectivity index (χ0v) is 11.8. The van der Waals surface area contributed by atoms with Crippen molar-refractivity contribution in [2.24, 2.45) is 0 Å². The summed E-state index contributed by atoms with van der Waals surface area (Å²) in [5, 5.41) is 0.783. The summed E-state index contributed by atoms with van der Waals surface area (Å²) in [4.78, 5) is 14.2. The van der Waals surface area contributed by atoms with Crippen LogP contribution in [0, 0.1) is 0 Å². The molecule has 0 saturated carbocycles. The minimum Gasteiger partial charge on any atom is -0.497 e. The molecule has 0 bridgehead atoms. The minimum atomic E-state index is 0.108. The van der Waals surface area contributed by atoms with Crippen molar-refractivity contribution >= 4 is 21.6 Å². The van der Waals surface area contributed by atoms with Crippen molar-refractivity contribution in [1.29, 1.82) is 0 Å². The molecule has 98 valence electrons. The first-order chi connectivity index (χ1) is 8.61. The molecule has 0 aliphatic rings. The Morgan fingerprint density at radius 3 is 2.83 bits per heavy atom. The number of rotatable bonds is 5. The molecule has 2 rings (SSSR count). The van der Waals surface area contributed by atoms with Crippen molar-refractivity contribution < 1.29 is 4.74 Å². The Balaban J connectivity index is 2.24. The largest absolute Gasteiger partial charge is 0.497 e. The van der Waals surface area contributed by atoms with Gasteiger partial charge in [-0.1, -0.05) is 11.5 Å². The Labute approximate surface area is 111 Å². The normalized spacial score (nSPS) is 11.3. The van der Waals surface area contributed by atoms with Crippen LogP contribution in [0.5, 0.6) is 5.75 Å². The summed E-state index contributed by atoms with van der Waals surface area (Å²) in [7, 11) is 5.72. The van der Waals surface area contributed by atoms with E-state index in [0.29, 0.717) is 0 Å². The van der Waals surface area contributed by atoms with Crippen molar-refractivity contribution in [2.45, 2.75) is 13.0 Å². The average Bonchev–Trinajstić information content (AvgIpc) is 2.65. The number of hydrogen-bond acceptors (Lipinski definition) is 4. The van der Waals surface area contributed by atoms with E-state index in [1.54, 1.807) is 7.11 Å². The first-order valence-electron chi connectivity index (χ1n) is 5.94. The van der Waals surface area contributed by atoms with E-state index in [2.05, 4.69) is 4.90 Å². The number of aromatic nitrogens is 1. The summed E-state index contributed by atoms with van der Waals surface area (Å²) in [6.45, 7) is 1.77. The van der Waals surface area contributed by atoms with Gasteiger partial charge in [0.1, 0.15) is 5.75 Å². The second-order valence-corrected chi connectivity index (χ2v) is 5.58. The topological polar surface area (TPSA) is 34.5 Å². The fourth-order valence-corrected chi connectivity index (χ4v) is 2.92. The van der Waals surface area contributed by atoms with Crippen LogP contribution in [0.1, 0.15) is 6.42 Å². The monoisotopic (exact) mass is 266 g/mol. The van der Waals surface area contributed by atoms with Gasteiger partial charge in [0.2, 0.25) is 0 Å². The van der Waals surface area contributed by atoms with Crippen LogP contribution in [-0.2, 0) is 6.54 Å². The van der Waals surface area contributed by atoms with Crippen molar-refractivity contribution in [3.63, 3.8) is 0 Å². The van der Waals surface area contributed by atoms with Crippen LogP contribution in [0.15, 0.2) is 23.0 Å². The zero-order valence-electron chi connectivity index (χ0n) is 11.0. The summed E-state index contributed by atoms with van der Waals surface area (Å²) in [5.41, 5.74) is 0.108. The number of benzene rings is 1. The van der Waals surface area contributed by atoms with Gasteiger partial charge >= 0.3 is 0 Å². The van der Waals surface area contributed by atoms with Gasteiger partial charge in [-0.15, -0.1) is 0 Å². The third-order valence-corrected chi connectivity index (χ3v) is 3.92. The second kappa shape index (κ2) is 5.54. The molecule has 18 heavy (non-hydrogen) atoms. The molecule has 5 heteroatoms. The lowest BCUT2D eigenvalue weighted by Gasteiger charge is -2.08. The van der Waals surface area contributed by atoms with E-state index in [0.717, 1.165) is 35.3 Å². The lowest BCUT2D eigenvalue weighted by atomic mass is 10.2. The Morgan fingerprint density at radius 1 is 1.39 bits per heavy atom. The van der Waals surface area contributed by atoms with Gasteiger partial charge in [-0.3, -0.25) is 8.75 Å². The predicted octanol–water partition coefficient (Wildman–Crippen LogP) is 2.02. The highest BCUT2D eigenvalue weighted by molar-refractivity contribution is 7.13. The number of methoxy groups -OCH3 is 1. The summed E-state index contributed by atoms with van der Waals surface area (Å²) in [6.07, 6.45) is 0.983. The molecule has 1 aromatic heterocycles. The first-order valence-corrected chi connectivity index (χ1v) is 6.72. The SMILES string of the molecule is COc1ccc2c(=O)n(CCCN(C)C)sc2c1. The molecule has 0 spiro atoms. The lowest BCUT2D eigenvalue weighted by Crippen LogP contribution is -2.18. The van der Waals surface area contributed by atoms with Crippen LogP contribution in [0.2, 0.25) is 0 Å². The number of ether oxygens (including phenoxy) is 1. The van der Waals surface area contributed by atoms with Gasteiger partial charge in [0.25, 0.3) is 5.56 Å². The van der Waals surface area contributed by atoms with Gasteiger partial charge in [0.15, 0.2) is 0 Å². The highest BCUT2D eigenvalue weighted by Gasteiger charge is 2.08. The predicted molar refractivity (Wildman–Crippen MR) is 75.8 cm³/mol. The standard InChI is InChI=1S/C13H18N2O2S/c1-14(2)7-4-8-15-13(16)11-6-5-10(17-3)9-12(11)18-15/h5-6,9H,4,7-8H2,1-3H3. The van der Waals surface area contributed by atoms with Gasteiger partial charge < -0.3 is 9.64 Å². The smallest absolute Gasteiger partial charge is 0.268 e. The van der Waals surface area contributed by atoms with E-state index in [1.165, 1.54) is 11.5 Å². The second-order valence-electron chi connectivity index (χ2n) is 4.52. The molecule has 4 nitrogen and oxygen atoms in total. The molecule has 0 amide bonds. The molecule has 0 radical (unpaired) electrons. The van der Waals surface area contributed by atoms with Gasteiger partial charge in [-0.25, -0.2) is 0 Å². The van der Waals surface area contributed by atoms with Crippen molar-refractivity contribution in [2.75, 3.05) is 27.7 Å². The van der Waals surface area contributed by atoms with Crippen LogP contribution in [0.25, 0.3) is 10.1 Å². The zero-order chi connectivity index (χ0) is 13.1. The van der Waals surface area contributed by atoms with E-state index in [1.807, 2.05) is 36.3 Å². The quantitative estimate of drug-likeness (QED) is 0.830. The molecule has 1 heterocycles. The Bertz CT molecular complexity index is 586. The van der Waals surface area contributed by atoms with E-state index < -0.39 is 0 Å². The molecule has 1 aromatic carbocycles. The Hall–Kier alpha value is -1.33. The minimum absolute atomic E-state index is 0.108. The Kier molecular flexibility index (Phi) is 4.04. The highest BCUT2D eigenvalue weighted by atomic mass is 32.1. The van der Waals surface area contributed by atoms with Gasteiger partial charge in [0, 0.05) is 6.54 Å². The molecular weight excluding hydrogens is 248 g/mol. The fraction of sp³-hybridized carbons (Fsp3) is 0.462. The maximum atomic E-state index is 12.1. The van der Waals surface area contributed by atoms with Crippen LogP contribution in [0.3, 0.4) is 0 Å². The number of fused-ring (bicyclic) bond motifs is 1. The van der Waals surface area contributed by atoms with Crippen LogP contribution in [0.4, 0.5) is 0 Å². The summed E-state index contributed by atoms with van der Waals surface area (Å²) in [6, 6.07) is 5.60. The van der Waals surface area contributed by atoms with Gasteiger partial charge in [-0.2, -0.15) is 0 Å². The fourth-order valence-electron chi connectivity index (χ4n) is 1.85. The van der Waals surface area contributed by atoms with Crippen LogP contribution in [-0.4, -0.2) is 36.6 Å². The van der Waals surface area contributed by atoms with Gasteiger partial charge in [-0.05, 0) is 45.3 Å². The van der Waals surface area contributed by atoms with Gasteiger partial charge in [0.05, 0.1) is 17.2 Å². The van der Waals surface area contributed by atoms with E-state index in [-0.39, 0.29) is 5.56 Å². The molecular formula is C13H18N2O2S. The van der Waals surface area contributed by atoms with Crippen molar-refractivity contribution in [3.05, 3.63) is 28.6 Å². The summed E-state index contributed by atoms with van der Waals surface area (Å²) >= 11 is 1.51. The molecule has 0 saturated heterocycles. The van der Waals surface area contributed by atoms with E-state index in [9.17, 15) is 4.79 Å². The number of aryl methyl sites for hydroxylation is 1. The third-order valence-electron chi connectivity index (χ3n) is 2.82. The number of nitrogens with zero attached hydrogens (tertiary/aromatic N) is 2. The summed E-state index contributed by atoms with van der Waals surface area (Å²) < 4.78 is 7.99. The maximum absolute atomic E-state index is 12.1. The molecule has 0 unspecified atom stereocenters. The third kappa shape index (κ3) is 2.73. The van der Waals surface area contributed by atoms with Crippen molar-refractivity contribution in [3.8, 4) is 5.75 Å². The first kappa shape index (κ1) is 13.1. The summed E-state index contributed by atoms with van der Waals surface area (Å²) in [5.74, 6) is 0.796. The van der Waals surface area contributed by atoms with Crippen LogP contribution >= 0.6 is 11.5 Å². The maximum Gasteiger partial charge on any atom is 0.268 e. The van der Waals surface area contributed by atoms with Crippen LogP contribution < -0.4 is 10.3 Å². The highest BCUT2D eigenvalue weighted by Crippen LogP contribution is 2.22. The molecule has 2 aromatic rings. The molecule has 0 atom stereocenters. The Morgan fingerprint density at radius 2 is 2.17 bits per heavy atom. The van der Waals surface area contributed by atoms with Crippen molar-refractivity contribution in [1.82, 2.24) is 8.86 Å². The van der Waals surface area contributed by atoms with E-state index in [4.69, 9.17) is 4.74 Å². The van der Waals surface area contributed by atoms with E-state index >= 15 is 0 Å². The molecule has 0 N–H and O–H groups in total. The lowest BCUT2D eigenvalue weighted by molar-refractivity contribution is 0.389. The molecule has 0 aliphatic carbocycles.